The minimum atomic E-state index is -0.512. The Bertz CT molecular complexity index is 812. The van der Waals surface area contributed by atoms with E-state index in [1.54, 1.807) is 18.2 Å². The van der Waals surface area contributed by atoms with Crippen LogP contribution in [0.3, 0.4) is 0 Å². The van der Waals surface area contributed by atoms with Crippen LogP contribution in [0.15, 0.2) is 53.5 Å². The molecule has 0 heterocycles. The van der Waals surface area contributed by atoms with Crippen LogP contribution in [0, 0.1) is 0 Å². The van der Waals surface area contributed by atoms with Gasteiger partial charge >= 0.3 is 0 Å². The molecule has 2 aromatic rings. The highest BCUT2D eigenvalue weighted by atomic mass is 35.5. The summed E-state index contributed by atoms with van der Waals surface area (Å²) in [6.07, 6.45) is -0.0643. The number of nitrogens with one attached hydrogen (secondary N) is 2. The number of amides is 1. The van der Waals surface area contributed by atoms with Crippen molar-refractivity contribution in [1.82, 2.24) is 10.6 Å². The molecule has 8 heteroatoms. The van der Waals surface area contributed by atoms with E-state index >= 15 is 0 Å². The lowest BCUT2D eigenvalue weighted by molar-refractivity contribution is -0.119. The van der Waals surface area contributed by atoms with Crippen LogP contribution >= 0.6 is 11.6 Å². The number of rotatable bonds is 10. The molecule has 0 radical (unpaired) electrons. The molecular formula is C21H27ClN4O3. The van der Waals surface area contributed by atoms with E-state index in [0.29, 0.717) is 29.8 Å². The Balaban J connectivity index is 1.89. The monoisotopic (exact) mass is 418 g/mol. The van der Waals surface area contributed by atoms with Gasteiger partial charge in [-0.05, 0) is 55.8 Å². The molecule has 29 heavy (non-hydrogen) atoms. The molecule has 0 aliphatic carbocycles. The summed E-state index contributed by atoms with van der Waals surface area (Å²) in [7, 11) is 0. The number of aliphatic imine (C=N–C) groups is 1. The van der Waals surface area contributed by atoms with Crippen LogP contribution in [-0.4, -0.2) is 37.7 Å². The van der Waals surface area contributed by atoms with Gasteiger partial charge in [0.25, 0.3) is 5.91 Å². The van der Waals surface area contributed by atoms with Crippen molar-refractivity contribution >= 4 is 23.5 Å². The van der Waals surface area contributed by atoms with Crippen LogP contribution in [0.1, 0.15) is 19.4 Å². The van der Waals surface area contributed by atoms with Gasteiger partial charge in [0.1, 0.15) is 17.6 Å². The summed E-state index contributed by atoms with van der Waals surface area (Å²) in [4.78, 5) is 15.4. The van der Waals surface area contributed by atoms with E-state index in [0.717, 1.165) is 17.9 Å². The van der Waals surface area contributed by atoms with E-state index in [4.69, 9.17) is 26.8 Å². The number of hydrogen-bond acceptors (Lipinski definition) is 4. The lowest BCUT2D eigenvalue weighted by atomic mass is 10.2. The molecule has 7 nitrogen and oxygen atoms in total. The Morgan fingerprint density at radius 3 is 2.62 bits per heavy atom. The fourth-order valence-electron chi connectivity index (χ4n) is 2.43. The summed E-state index contributed by atoms with van der Waals surface area (Å²) < 4.78 is 11.2. The van der Waals surface area contributed by atoms with Crippen molar-refractivity contribution in [2.75, 3.05) is 19.7 Å². The summed E-state index contributed by atoms with van der Waals surface area (Å²) in [5.74, 6) is 1.52. The summed E-state index contributed by atoms with van der Waals surface area (Å²) in [6.45, 7) is 5.60. The van der Waals surface area contributed by atoms with E-state index in [-0.39, 0.29) is 12.7 Å². The molecule has 0 aromatic heterocycles. The van der Waals surface area contributed by atoms with Crippen molar-refractivity contribution in [3.05, 3.63) is 59.1 Å². The second-order valence-corrected chi connectivity index (χ2v) is 6.80. The minimum absolute atomic E-state index is 0.0643. The van der Waals surface area contributed by atoms with Gasteiger partial charge in [0, 0.05) is 11.6 Å². The van der Waals surface area contributed by atoms with Crippen LogP contribution in [0.5, 0.6) is 11.5 Å². The number of nitrogens with two attached hydrogens (primary N) is 1. The summed E-state index contributed by atoms with van der Waals surface area (Å²) >= 11 is 5.89. The van der Waals surface area contributed by atoms with Crippen LogP contribution < -0.4 is 25.8 Å². The zero-order valence-electron chi connectivity index (χ0n) is 16.7. The Morgan fingerprint density at radius 1 is 1.17 bits per heavy atom. The maximum absolute atomic E-state index is 10.8. The topological polar surface area (TPSA) is 98.0 Å². The predicted molar refractivity (Wildman–Crippen MR) is 115 cm³/mol. The molecule has 2 rings (SSSR count). The third-order valence-corrected chi connectivity index (χ3v) is 4.00. The summed E-state index contributed by atoms with van der Waals surface area (Å²) in [5.41, 5.74) is 6.06. The van der Waals surface area contributed by atoms with Crippen LogP contribution in [0.25, 0.3) is 0 Å². The normalized spacial score (nSPS) is 12.2. The first-order valence-electron chi connectivity index (χ1n) is 9.40. The SMILES string of the molecule is CCNC(=NCc1cccc(OCC(N)=O)c1)NCC(C)Oc1ccc(Cl)cc1. The summed E-state index contributed by atoms with van der Waals surface area (Å²) in [6, 6.07) is 14.7. The highest BCUT2D eigenvalue weighted by Gasteiger charge is 2.06. The van der Waals surface area contributed by atoms with Crippen molar-refractivity contribution in [3.8, 4) is 11.5 Å². The first-order chi connectivity index (χ1) is 14.0. The number of guanidine groups is 1. The van der Waals surface area contributed by atoms with Gasteiger partial charge in [-0.25, -0.2) is 4.99 Å². The van der Waals surface area contributed by atoms with Gasteiger partial charge in [-0.3, -0.25) is 4.79 Å². The second-order valence-electron chi connectivity index (χ2n) is 6.36. The van der Waals surface area contributed by atoms with E-state index in [2.05, 4.69) is 15.6 Å². The number of benzene rings is 2. The molecule has 0 fully saturated rings. The molecule has 1 amide bonds. The zero-order valence-corrected chi connectivity index (χ0v) is 17.4. The minimum Gasteiger partial charge on any atom is -0.489 e. The van der Waals surface area contributed by atoms with Gasteiger partial charge in [-0.1, -0.05) is 23.7 Å². The van der Waals surface area contributed by atoms with E-state index in [9.17, 15) is 4.79 Å². The molecule has 1 atom stereocenters. The first-order valence-corrected chi connectivity index (χ1v) is 9.78. The van der Waals surface area contributed by atoms with E-state index in [1.807, 2.05) is 44.2 Å². The zero-order chi connectivity index (χ0) is 21.1. The van der Waals surface area contributed by atoms with Crippen molar-refractivity contribution in [2.45, 2.75) is 26.5 Å². The third kappa shape index (κ3) is 8.74. The maximum Gasteiger partial charge on any atom is 0.255 e. The molecule has 0 aliphatic heterocycles. The lowest BCUT2D eigenvalue weighted by Crippen LogP contribution is -2.41. The highest BCUT2D eigenvalue weighted by molar-refractivity contribution is 6.30. The van der Waals surface area contributed by atoms with E-state index < -0.39 is 5.91 Å². The Kier molecular flexibility index (Phi) is 9.11. The average molecular weight is 419 g/mol. The molecule has 0 spiro atoms. The van der Waals surface area contributed by atoms with Crippen LogP contribution in [0.4, 0.5) is 0 Å². The highest BCUT2D eigenvalue weighted by Crippen LogP contribution is 2.16. The molecule has 0 aliphatic rings. The maximum atomic E-state index is 10.8. The summed E-state index contributed by atoms with van der Waals surface area (Å²) in [5, 5.41) is 7.15. The molecular weight excluding hydrogens is 392 g/mol. The Labute approximate surface area is 176 Å². The fourth-order valence-corrected chi connectivity index (χ4v) is 2.55. The molecule has 0 saturated heterocycles. The Hall–Kier alpha value is -2.93. The number of halogens is 1. The van der Waals surface area contributed by atoms with Crippen molar-refractivity contribution < 1.29 is 14.3 Å². The number of hydrogen-bond donors (Lipinski definition) is 3. The van der Waals surface area contributed by atoms with Gasteiger partial charge in [-0.2, -0.15) is 0 Å². The predicted octanol–water partition coefficient (Wildman–Crippen LogP) is 2.73. The molecule has 1 unspecified atom stereocenters. The molecule has 0 saturated carbocycles. The Morgan fingerprint density at radius 2 is 1.93 bits per heavy atom. The van der Waals surface area contributed by atoms with Crippen molar-refractivity contribution in [3.63, 3.8) is 0 Å². The number of carbonyl (C=O) groups is 1. The first kappa shape index (κ1) is 22.4. The number of nitrogens with zero attached hydrogens (tertiary/aromatic N) is 1. The average Bonchev–Trinajstić information content (AvgIpc) is 2.70. The van der Waals surface area contributed by atoms with Gasteiger partial charge in [0.05, 0.1) is 13.1 Å². The third-order valence-electron chi connectivity index (χ3n) is 3.75. The second kappa shape index (κ2) is 11.8. The van der Waals surface area contributed by atoms with Gasteiger partial charge < -0.3 is 25.8 Å². The largest absolute Gasteiger partial charge is 0.489 e. The van der Waals surface area contributed by atoms with Gasteiger partial charge in [-0.15, -0.1) is 0 Å². The van der Waals surface area contributed by atoms with Crippen molar-refractivity contribution in [2.24, 2.45) is 10.7 Å². The van der Waals surface area contributed by atoms with Crippen LogP contribution in [0.2, 0.25) is 5.02 Å². The lowest BCUT2D eigenvalue weighted by Gasteiger charge is -2.17. The van der Waals surface area contributed by atoms with E-state index in [1.165, 1.54) is 0 Å². The smallest absolute Gasteiger partial charge is 0.255 e. The standard InChI is InChI=1S/C21H27ClN4O3/c1-3-24-21(25-12-15(2)29-18-9-7-17(22)8-10-18)26-13-16-5-4-6-19(11-16)28-14-20(23)27/h4-11,15H,3,12-14H2,1-2H3,(H2,23,27)(H2,24,25,26). The number of ether oxygens (including phenoxy) is 2. The molecule has 2 aromatic carbocycles. The molecule has 0 bridgehead atoms. The van der Waals surface area contributed by atoms with Gasteiger partial charge in [0.2, 0.25) is 0 Å². The number of carbonyl (C=O) groups excluding carboxylic acids is 1. The van der Waals surface area contributed by atoms with Crippen LogP contribution in [-0.2, 0) is 11.3 Å². The van der Waals surface area contributed by atoms with Gasteiger partial charge in [0.15, 0.2) is 12.6 Å². The molecule has 4 N–H and O–H groups in total. The number of primary amides is 1. The quantitative estimate of drug-likeness (QED) is 0.407. The fraction of sp³-hybridized carbons (Fsp3) is 0.333. The molecule has 156 valence electrons. The van der Waals surface area contributed by atoms with Crippen molar-refractivity contribution in [1.29, 1.82) is 0 Å².